The highest BCUT2D eigenvalue weighted by molar-refractivity contribution is 6.04. The molecule has 0 spiro atoms. The van der Waals surface area contributed by atoms with Gasteiger partial charge in [-0.3, -0.25) is 9.59 Å². The van der Waals surface area contributed by atoms with E-state index in [9.17, 15) is 9.59 Å². The van der Waals surface area contributed by atoms with Gasteiger partial charge in [0.2, 0.25) is 0 Å². The second-order valence-corrected chi connectivity index (χ2v) is 7.34. The maximum absolute atomic E-state index is 13.1. The van der Waals surface area contributed by atoms with Gasteiger partial charge in [-0.15, -0.1) is 0 Å². The molecule has 0 aromatic heterocycles. The van der Waals surface area contributed by atoms with Gasteiger partial charge in [-0.1, -0.05) is 60.7 Å². The van der Waals surface area contributed by atoms with Crippen LogP contribution in [0, 0.1) is 0 Å². The quantitative estimate of drug-likeness (QED) is 0.670. The third-order valence-corrected chi connectivity index (χ3v) is 5.29. The average Bonchev–Trinajstić information content (AvgIpc) is 3.29. The van der Waals surface area contributed by atoms with Crippen molar-refractivity contribution in [1.29, 1.82) is 0 Å². The van der Waals surface area contributed by atoms with Gasteiger partial charge in [0.25, 0.3) is 11.8 Å². The second-order valence-electron chi connectivity index (χ2n) is 7.34. The molecule has 0 radical (unpaired) electrons. The van der Waals surface area contributed by atoms with Crippen LogP contribution in [-0.4, -0.2) is 36.4 Å². The molecule has 1 aliphatic heterocycles. The summed E-state index contributed by atoms with van der Waals surface area (Å²) in [4.78, 5) is 27.4. The highest BCUT2D eigenvalue weighted by Crippen LogP contribution is 2.29. The van der Waals surface area contributed by atoms with Crippen molar-refractivity contribution in [3.8, 4) is 5.75 Å². The van der Waals surface area contributed by atoms with Crippen LogP contribution in [0.1, 0.15) is 28.3 Å². The largest absolute Gasteiger partial charge is 0.484 e. The number of nitrogens with zero attached hydrogens (tertiary/aromatic N) is 1. The van der Waals surface area contributed by atoms with E-state index in [0.717, 1.165) is 6.42 Å². The first kappa shape index (κ1) is 19.7. The molecule has 5 nitrogen and oxygen atoms in total. The molecular weight excluding hydrogens is 376 g/mol. The van der Waals surface area contributed by atoms with Crippen LogP contribution in [0.3, 0.4) is 0 Å². The molecule has 0 bridgehead atoms. The van der Waals surface area contributed by atoms with E-state index >= 15 is 0 Å². The molecule has 1 N–H and O–H groups in total. The Morgan fingerprint density at radius 1 is 0.900 bits per heavy atom. The monoisotopic (exact) mass is 400 g/mol. The van der Waals surface area contributed by atoms with Crippen molar-refractivity contribution >= 4 is 17.5 Å². The van der Waals surface area contributed by atoms with Gasteiger partial charge in [-0.2, -0.15) is 0 Å². The minimum absolute atomic E-state index is 0.0618. The number of para-hydroxylation sites is 2. The average molecular weight is 400 g/mol. The number of carbonyl (C=O) groups is 2. The highest BCUT2D eigenvalue weighted by Gasteiger charge is 2.29. The maximum atomic E-state index is 13.1. The third kappa shape index (κ3) is 4.69. The molecule has 1 heterocycles. The highest BCUT2D eigenvalue weighted by atomic mass is 16.5. The fourth-order valence-corrected chi connectivity index (χ4v) is 3.74. The molecule has 1 saturated heterocycles. The van der Waals surface area contributed by atoms with Gasteiger partial charge in [0.15, 0.2) is 6.61 Å². The number of hydrogen-bond acceptors (Lipinski definition) is 3. The molecular formula is C25H24N2O3. The predicted molar refractivity (Wildman–Crippen MR) is 117 cm³/mol. The van der Waals surface area contributed by atoms with E-state index in [2.05, 4.69) is 17.4 Å². The predicted octanol–water partition coefficient (Wildman–Crippen LogP) is 4.33. The van der Waals surface area contributed by atoms with Crippen LogP contribution in [-0.2, 0) is 4.79 Å². The van der Waals surface area contributed by atoms with Gasteiger partial charge in [0, 0.05) is 19.0 Å². The molecule has 0 aliphatic carbocycles. The Labute approximate surface area is 176 Å². The summed E-state index contributed by atoms with van der Waals surface area (Å²) in [5.41, 5.74) is 2.26. The van der Waals surface area contributed by atoms with Gasteiger partial charge in [0.1, 0.15) is 5.75 Å². The fraction of sp³-hybridized carbons (Fsp3) is 0.200. The van der Waals surface area contributed by atoms with Gasteiger partial charge < -0.3 is 15.0 Å². The lowest BCUT2D eigenvalue weighted by atomic mass is 9.99. The number of anilines is 1. The summed E-state index contributed by atoms with van der Waals surface area (Å²) in [6, 6.07) is 26.6. The lowest BCUT2D eigenvalue weighted by molar-refractivity contribution is -0.118. The molecule has 3 aromatic rings. The number of nitrogens with one attached hydrogen (secondary N) is 1. The Bertz CT molecular complexity index is 1010. The molecule has 152 valence electrons. The first-order chi connectivity index (χ1) is 14.7. The zero-order chi connectivity index (χ0) is 20.8. The SMILES string of the molecule is O=C(COc1ccccc1)Nc1ccccc1C(=O)N1CCC(c2ccccc2)C1. The standard InChI is InChI=1S/C25H24N2O3/c28-24(18-30-21-11-5-2-6-12-21)26-23-14-8-7-13-22(23)25(29)27-16-15-20(17-27)19-9-3-1-4-10-19/h1-14,20H,15-18H2,(H,26,28). The minimum Gasteiger partial charge on any atom is -0.484 e. The van der Waals surface area contributed by atoms with Crippen LogP contribution >= 0.6 is 0 Å². The molecule has 4 rings (SSSR count). The number of likely N-dealkylation sites (tertiary alicyclic amines) is 1. The summed E-state index contributed by atoms with van der Waals surface area (Å²) in [5.74, 6) is 0.605. The molecule has 0 saturated carbocycles. The number of benzene rings is 3. The first-order valence-corrected chi connectivity index (χ1v) is 10.1. The summed E-state index contributed by atoms with van der Waals surface area (Å²) < 4.78 is 5.50. The van der Waals surface area contributed by atoms with Crippen LogP contribution in [0.5, 0.6) is 5.75 Å². The van der Waals surface area contributed by atoms with Crippen molar-refractivity contribution in [2.75, 3.05) is 25.0 Å². The first-order valence-electron chi connectivity index (χ1n) is 10.1. The summed E-state index contributed by atoms with van der Waals surface area (Å²) >= 11 is 0. The summed E-state index contributed by atoms with van der Waals surface area (Å²) in [7, 11) is 0. The molecule has 3 aromatic carbocycles. The summed E-state index contributed by atoms with van der Waals surface area (Å²) in [6.07, 6.45) is 0.940. The van der Waals surface area contributed by atoms with E-state index in [1.54, 1.807) is 30.3 Å². The Kier molecular flexibility index (Phi) is 6.09. The van der Waals surface area contributed by atoms with Crippen LogP contribution in [0.15, 0.2) is 84.9 Å². The van der Waals surface area contributed by atoms with Gasteiger partial charge in [-0.25, -0.2) is 0 Å². The molecule has 1 fully saturated rings. The van der Waals surface area contributed by atoms with Crippen molar-refractivity contribution < 1.29 is 14.3 Å². The Hall–Kier alpha value is -3.60. The van der Waals surface area contributed by atoms with E-state index in [-0.39, 0.29) is 18.4 Å². The Morgan fingerprint density at radius 3 is 2.33 bits per heavy atom. The number of carbonyl (C=O) groups excluding carboxylic acids is 2. The van der Waals surface area contributed by atoms with E-state index in [4.69, 9.17) is 4.74 Å². The Balaban J connectivity index is 1.40. The van der Waals surface area contributed by atoms with Crippen molar-refractivity contribution in [3.05, 3.63) is 96.1 Å². The normalized spacial score (nSPS) is 15.6. The van der Waals surface area contributed by atoms with Gasteiger partial charge in [0.05, 0.1) is 11.3 Å². The lowest BCUT2D eigenvalue weighted by Gasteiger charge is -2.19. The van der Waals surface area contributed by atoms with E-state index < -0.39 is 0 Å². The van der Waals surface area contributed by atoms with Crippen LogP contribution in [0.4, 0.5) is 5.69 Å². The van der Waals surface area contributed by atoms with E-state index in [0.29, 0.717) is 36.0 Å². The van der Waals surface area contributed by atoms with Crippen molar-refractivity contribution in [1.82, 2.24) is 4.90 Å². The molecule has 1 aliphatic rings. The number of amides is 2. The van der Waals surface area contributed by atoms with Crippen molar-refractivity contribution in [2.45, 2.75) is 12.3 Å². The Morgan fingerprint density at radius 2 is 1.57 bits per heavy atom. The van der Waals surface area contributed by atoms with Gasteiger partial charge >= 0.3 is 0 Å². The van der Waals surface area contributed by atoms with Crippen molar-refractivity contribution in [3.63, 3.8) is 0 Å². The third-order valence-electron chi connectivity index (χ3n) is 5.29. The molecule has 1 atom stereocenters. The van der Waals surface area contributed by atoms with Crippen molar-refractivity contribution in [2.24, 2.45) is 0 Å². The number of rotatable bonds is 6. The zero-order valence-corrected chi connectivity index (χ0v) is 16.7. The fourth-order valence-electron chi connectivity index (χ4n) is 3.74. The molecule has 1 unspecified atom stereocenters. The summed E-state index contributed by atoms with van der Waals surface area (Å²) in [5, 5.41) is 2.82. The molecule has 5 heteroatoms. The van der Waals surface area contributed by atoms with E-state index in [1.165, 1.54) is 5.56 Å². The lowest BCUT2D eigenvalue weighted by Crippen LogP contribution is -2.30. The molecule has 2 amide bonds. The van der Waals surface area contributed by atoms with E-state index in [1.807, 2.05) is 47.4 Å². The minimum atomic E-state index is -0.303. The van der Waals surface area contributed by atoms with Crippen LogP contribution < -0.4 is 10.1 Å². The smallest absolute Gasteiger partial charge is 0.262 e. The zero-order valence-electron chi connectivity index (χ0n) is 16.7. The topological polar surface area (TPSA) is 58.6 Å². The number of ether oxygens (including phenoxy) is 1. The van der Waals surface area contributed by atoms with Crippen LogP contribution in [0.2, 0.25) is 0 Å². The maximum Gasteiger partial charge on any atom is 0.262 e. The summed E-state index contributed by atoms with van der Waals surface area (Å²) in [6.45, 7) is 1.27. The molecule has 30 heavy (non-hydrogen) atoms. The second kappa shape index (κ2) is 9.27. The number of hydrogen-bond donors (Lipinski definition) is 1. The van der Waals surface area contributed by atoms with Gasteiger partial charge in [-0.05, 0) is 36.2 Å². The van der Waals surface area contributed by atoms with Crippen LogP contribution in [0.25, 0.3) is 0 Å².